The molecule has 0 atom stereocenters. The largest absolute Gasteiger partial charge is 0.382 e. The number of anilines is 1. The number of sulfonamides is 1. The first kappa shape index (κ1) is 32.4. The third-order valence-corrected chi connectivity index (χ3v) is 8.22. The number of allylic oxidation sites excluding steroid dienone is 4. The van der Waals surface area contributed by atoms with Gasteiger partial charge in [0.1, 0.15) is 16.5 Å². The molecule has 2 aromatic heterocycles. The lowest BCUT2D eigenvalue weighted by molar-refractivity contribution is 0.179. The smallest absolute Gasteiger partial charge is 0.319 e. The number of hydrogen-bond donors (Lipinski definition) is 3. The molecule has 14 heteroatoms. The molecule has 224 valence electrons. The zero-order valence-corrected chi connectivity index (χ0v) is 26.5. The quantitative estimate of drug-likeness (QED) is 0.181. The number of amides is 2. The van der Waals surface area contributed by atoms with Gasteiger partial charge in [-0.3, -0.25) is 4.90 Å². The molecule has 0 unspecified atom stereocenters. The van der Waals surface area contributed by atoms with Gasteiger partial charge in [0.15, 0.2) is 5.82 Å². The molecule has 3 rings (SSSR count). The molecule has 1 aliphatic rings. The molecule has 12 nitrogen and oxygen atoms in total. The number of carbonyl (C=O) groups excluding carboxylic acids is 1. The number of piperazine rings is 1. The third-order valence-electron chi connectivity index (χ3n) is 6.41. The summed E-state index contributed by atoms with van der Waals surface area (Å²) in [5.74, 6) is 0.385. The predicted octanol–water partition coefficient (Wildman–Crippen LogP) is 3.19. The molecule has 0 saturated carbocycles. The molecule has 0 aromatic carbocycles. The summed E-state index contributed by atoms with van der Waals surface area (Å²) in [7, 11) is -3.19. The summed E-state index contributed by atoms with van der Waals surface area (Å²) in [6.07, 6.45) is 12.6. The number of nitrogens with one attached hydrogen (secondary N) is 2. The number of rotatable bonds is 12. The van der Waals surface area contributed by atoms with Crippen molar-refractivity contribution in [2.75, 3.05) is 44.7 Å². The van der Waals surface area contributed by atoms with E-state index >= 15 is 0 Å². The minimum Gasteiger partial charge on any atom is -0.382 e. The first-order chi connectivity index (χ1) is 19.5. The number of urea groups is 1. The fourth-order valence-electron chi connectivity index (χ4n) is 4.45. The summed E-state index contributed by atoms with van der Waals surface area (Å²) in [5, 5.41) is 10.2. The summed E-state index contributed by atoms with van der Waals surface area (Å²) in [4.78, 5) is 23.3. The lowest BCUT2D eigenvalue weighted by Crippen LogP contribution is -2.47. The molecule has 3 heterocycles. The standard InChI is InChI=1S/C27H40BrN9O3S/c1-5-8-22(34-27(38)30-17-20(3)33-24(28)9-6-2)11-7-10-21-16-23(37-25(21)26(29)31-19-32-37)18-35-12-14-36(15-13-35)41(4,39)40/h7-9,11,16,19H,5-6,10,12-15,17-18H2,1-4H3,(H2,29,31,32)(H2,30,34,38)/b11-7-,22-8+,24-9-,33-20+. The Hall–Kier alpha value is -3.07. The van der Waals surface area contributed by atoms with Crippen LogP contribution < -0.4 is 16.4 Å². The lowest BCUT2D eigenvalue weighted by atomic mass is 10.1. The zero-order chi connectivity index (χ0) is 30.0. The van der Waals surface area contributed by atoms with E-state index in [4.69, 9.17) is 5.73 Å². The van der Waals surface area contributed by atoms with Crippen LogP contribution in [0.5, 0.6) is 0 Å². The Labute approximate surface area is 250 Å². The van der Waals surface area contributed by atoms with Crippen LogP contribution in [0, 0.1) is 0 Å². The maximum Gasteiger partial charge on any atom is 0.319 e. The van der Waals surface area contributed by atoms with E-state index in [0.29, 0.717) is 57.2 Å². The predicted molar refractivity (Wildman–Crippen MR) is 167 cm³/mol. The number of nitrogen functional groups attached to an aromatic ring is 1. The first-order valence-electron chi connectivity index (χ1n) is 13.6. The molecule has 1 aliphatic heterocycles. The SMILES string of the molecule is CC/C=C(Br)\N=C(/C)CNC(=O)NC(/C=C\Cc1cc(CN2CCN(S(C)(=O)=O)CC2)n2ncnc(N)c12)=C/CC. The molecular weight excluding hydrogens is 610 g/mol. The van der Waals surface area contributed by atoms with Crippen molar-refractivity contribution in [1.82, 2.24) is 34.4 Å². The summed E-state index contributed by atoms with van der Waals surface area (Å²) < 4.78 is 27.8. The molecule has 2 amide bonds. The second-order valence-corrected chi connectivity index (χ2v) is 12.6. The van der Waals surface area contributed by atoms with Crippen LogP contribution in [0.1, 0.15) is 44.9 Å². The maximum atomic E-state index is 12.5. The van der Waals surface area contributed by atoms with Gasteiger partial charge in [-0.05, 0) is 59.8 Å². The van der Waals surface area contributed by atoms with Gasteiger partial charge in [-0.25, -0.2) is 27.7 Å². The number of nitrogens with zero attached hydrogens (tertiary/aromatic N) is 6. The van der Waals surface area contributed by atoms with Crippen molar-refractivity contribution in [3.8, 4) is 0 Å². The van der Waals surface area contributed by atoms with Crippen molar-refractivity contribution in [2.45, 2.75) is 46.6 Å². The highest BCUT2D eigenvalue weighted by atomic mass is 79.9. The van der Waals surface area contributed by atoms with Gasteiger partial charge < -0.3 is 16.4 Å². The number of aliphatic imine (C=N–C) groups is 1. The summed E-state index contributed by atoms with van der Waals surface area (Å²) >= 11 is 3.39. The van der Waals surface area contributed by atoms with Crippen molar-refractivity contribution < 1.29 is 13.2 Å². The van der Waals surface area contributed by atoms with Gasteiger partial charge in [0.25, 0.3) is 0 Å². The van der Waals surface area contributed by atoms with E-state index < -0.39 is 10.0 Å². The van der Waals surface area contributed by atoms with Crippen molar-refractivity contribution >= 4 is 49.0 Å². The first-order valence-corrected chi connectivity index (χ1v) is 16.2. The number of fused-ring (bicyclic) bond motifs is 1. The summed E-state index contributed by atoms with van der Waals surface area (Å²) in [6, 6.07) is 1.74. The second kappa shape index (κ2) is 15.2. The molecule has 2 aromatic rings. The van der Waals surface area contributed by atoms with E-state index in [2.05, 4.69) is 52.6 Å². The van der Waals surface area contributed by atoms with Gasteiger partial charge in [0, 0.05) is 44.1 Å². The van der Waals surface area contributed by atoms with Crippen LogP contribution in [0.3, 0.4) is 0 Å². The van der Waals surface area contributed by atoms with Crippen LogP contribution in [-0.2, 0) is 23.0 Å². The normalized spacial score (nSPS) is 16.6. The molecule has 0 aliphatic carbocycles. The lowest BCUT2D eigenvalue weighted by Gasteiger charge is -2.32. The van der Waals surface area contributed by atoms with Gasteiger partial charge >= 0.3 is 6.03 Å². The van der Waals surface area contributed by atoms with Crippen LogP contribution in [0.2, 0.25) is 0 Å². The average molecular weight is 651 g/mol. The van der Waals surface area contributed by atoms with Crippen molar-refractivity contribution in [2.24, 2.45) is 4.99 Å². The molecule has 41 heavy (non-hydrogen) atoms. The van der Waals surface area contributed by atoms with E-state index in [9.17, 15) is 13.2 Å². The number of carbonyl (C=O) groups is 1. The molecule has 1 fully saturated rings. The van der Waals surface area contributed by atoms with Crippen LogP contribution in [0.4, 0.5) is 10.6 Å². The summed E-state index contributed by atoms with van der Waals surface area (Å²) in [5.41, 5.74) is 10.4. The molecule has 0 spiro atoms. The van der Waals surface area contributed by atoms with Crippen LogP contribution in [0.15, 0.2) is 52.0 Å². The topological polar surface area (TPSA) is 150 Å². The summed E-state index contributed by atoms with van der Waals surface area (Å²) in [6.45, 7) is 9.00. The van der Waals surface area contributed by atoms with E-state index in [0.717, 1.165) is 39.9 Å². The highest BCUT2D eigenvalue weighted by Gasteiger charge is 2.24. The third kappa shape index (κ3) is 9.76. The second-order valence-electron chi connectivity index (χ2n) is 9.77. The number of hydrogen-bond acceptors (Lipinski definition) is 8. The van der Waals surface area contributed by atoms with Gasteiger partial charge in [-0.2, -0.15) is 9.40 Å². The van der Waals surface area contributed by atoms with Gasteiger partial charge in [0.05, 0.1) is 18.5 Å². The Kier molecular flexibility index (Phi) is 12.1. The van der Waals surface area contributed by atoms with Gasteiger partial charge in [-0.15, -0.1) is 0 Å². The van der Waals surface area contributed by atoms with E-state index in [-0.39, 0.29) is 6.03 Å². The van der Waals surface area contributed by atoms with Crippen LogP contribution in [0.25, 0.3) is 5.52 Å². The Morgan fingerprint density at radius 1 is 1.20 bits per heavy atom. The van der Waals surface area contributed by atoms with Crippen LogP contribution >= 0.6 is 15.9 Å². The highest BCUT2D eigenvalue weighted by Crippen LogP contribution is 2.23. The number of halogens is 1. The zero-order valence-electron chi connectivity index (χ0n) is 24.1. The van der Waals surface area contributed by atoms with E-state index in [1.807, 2.05) is 45.1 Å². The monoisotopic (exact) mass is 649 g/mol. The Morgan fingerprint density at radius 2 is 1.90 bits per heavy atom. The molecule has 0 bridgehead atoms. The molecule has 0 radical (unpaired) electrons. The Balaban J connectivity index is 1.66. The minimum atomic E-state index is -3.19. The van der Waals surface area contributed by atoms with Crippen molar-refractivity contribution in [3.05, 3.63) is 58.3 Å². The molecule has 1 saturated heterocycles. The number of nitrogens with two attached hydrogens (primary N) is 1. The van der Waals surface area contributed by atoms with E-state index in [1.54, 1.807) is 4.52 Å². The number of aromatic nitrogens is 3. The molecule has 4 N–H and O–H groups in total. The highest BCUT2D eigenvalue weighted by molar-refractivity contribution is 9.11. The van der Waals surface area contributed by atoms with Gasteiger partial charge in [-0.1, -0.05) is 32.1 Å². The average Bonchev–Trinajstić information content (AvgIpc) is 3.25. The fraction of sp³-hybridized carbons (Fsp3) is 0.481. The van der Waals surface area contributed by atoms with E-state index in [1.165, 1.54) is 16.9 Å². The Morgan fingerprint density at radius 3 is 2.56 bits per heavy atom. The minimum absolute atomic E-state index is 0.315. The van der Waals surface area contributed by atoms with Crippen molar-refractivity contribution in [1.29, 1.82) is 0 Å². The Bertz CT molecular complexity index is 1440. The van der Waals surface area contributed by atoms with Crippen molar-refractivity contribution in [3.63, 3.8) is 0 Å². The maximum absolute atomic E-state index is 12.5. The molecular formula is C27H40BrN9O3S. The fourth-order valence-corrected chi connectivity index (χ4v) is 5.90. The van der Waals surface area contributed by atoms with Crippen LogP contribution in [-0.4, -0.2) is 82.9 Å². The van der Waals surface area contributed by atoms with Gasteiger partial charge in [0.2, 0.25) is 10.0 Å².